The number of piperidine rings is 1. The summed E-state index contributed by atoms with van der Waals surface area (Å²) in [5.74, 6) is 1.65. The minimum absolute atomic E-state index is 0.207. The first-order valence-electron chi connectivity index (χ1n) is 9.35. The summed E-state index contributed by atoms with van der Waals surface area (Å²) >= 11 is 0. The monoisotopic (exact) mass is 351 g/mol. The van der Waals surface area contributed by atoms with Crippen LogP contribution in [0.4, 0.5) is 0 Å². The van der Waals surface area contributed by atoms with Gasteiger partial charge in [0.05, 0.1) is 6.42 Å². The number of nitrogens with zero attached hydrogens (tertiary/aromatic N) is 4. The Morgan fingerprint density at radius 3 is 2.81 bits per heavy atom. The Hall–Kier alpha value is -2.63. The molecule has 0 aliphatic carbocycles. The molecule has 1 saturated heterocycles. The highest BCUT2D eigenvalue weighted by Gasteiger charge is 2.27. The normalized spacial score (nSPS) is 15.9. The molecule has 3 aromatic rings. The second kappa shape index (κ2) is 6.94. The molecule has 4 rings (SSSR count). The zero-order valence-corrected chi connectivity index (χ0v) is 15.4. The van der Waals surface area contributed by atoms with Crippen molar-refractivity contribution in [3.63, 3.8) is 0 Å². The molecule has 6 nitrogen and oxygen atoms in total. The van der Waals surface area contributed by atoms with E-state index >= 15 is 0 Å². The van der Waals surface area contributed by atoms with Crippen molar-refractivity contribution in [1.29, 1.82) is 0 Å². The van der Waals surface area contributed by atoms with E-state index in [0.717, 1.165) is 48.2 Å². The van der Waals surface area contributed by atoms with E-state index < -0.39 is 0 Å². The first kappa shape index (κ1) is 16.8. The number of aromatic amines is 1. The molecule has 1 aliphatic rings. The number of carbonyl (C=O) groups excluding carboxylic acids is 1. The summed E-state index contributed by atoms with van der Waals surface area (Å²) in [6.45, 7) is 5.87. The molecule has 136 valence electrons. The summed E-state index contributed by atoms with van der Waals surface area (Å²) in [7, 11) is 0. The number of hydrogen-bond acceptors (Lipinski definition) is 3. The Balaban J connectivity index is 1.40. The van der Waals surface area contributed by atoms with Crippen molar-refractivity contribution >= 4 is 16.8 Å². The van der Waals surface area contributed by atoms with Gasteiger partial charge in [0.2, 0.25) is 5.91 Å². The van der Waals surface area contributed by atoms with E-state index in [-0.39, 0.29) is 5.91 Å². The van der Waals surface area contributed by atoms with E-state index in [1.165, 1.54) is 0 Å². The zero-order valence-electron chi connectivity index (χ0n) is 15.4. The van der Waals surface area contributed by atoms with E-state index in [1.54, 1.807) is 0 Å². The average Bonchev–Trinajstić information content (AvgIpc) is 3.29. The van der Waals surface area contributed by atoms with Crippen LogP contribution in [0, 0.1) is 0 Å². The lowest BCUT2D eigenvalue weighted by atomic mass is 9.95. The van der Waals surface area contributed by atoms with Crippen LogP contribution in [0.15, 0.2) is 36.8 Å². The van der Waals surface area contributed by atoms with Crippen molar-refractivity contribution in [3.8, 4) is 0 Å². The van der Waals surface area contributed by atoms with Crippen LogP contribution < -0.4 is 0 Å². The SMILES string of the molecule is CC(C)n1cnnc1C1CCN(C(=O)Cc2c[nH]c3ccccc23)CC1. The number of rotatable bonds is 4. The van der Waals surface area contributed by atoms with Crippen molar-refractivity contribution in [2.24, 2.45) is 0 Å². The number of hydrogen-bond donors (Lipinski definition) is 1. The van der Waals surface area contributed by atoms with Crippen LogP contribution in [0.5, 0.6) is 0 Å². The summed E-state index contributed by atoms with van der Waals surface area (Å²) in [6, 6.07) is 8.49. The lowest BCUT2D eigenvalue weighted by Crippen LogP contribution is -2.39. The third-order valence-corrected chi connectivity index (χ3v) is 5.39. The van der Waals surface area contributed by atoms with E-state index in [9.17, 15) is 4.79 Å². The molecule has 0 spiro atoms. The Morgan fingerprint density at radius 1 is 1.27 bits per heavy atom. The Labute approximate surface area is 153 Å². The topological polar surface area (TPSA) is 66.8 Å². The third kappa shape index (κ3) is 3.11. The summed E-state index contributed by atoms with van der Waals surface area (Å²) < 4.78 is 2.15. The average molecular weight is 351 g/mol. The van der Waals surface area contributed by atoms with Gasteiger partial charge in [0.25, 0.3) is 0 Å². The number of nitrogens with one attached hydrogen (secondary N) is 1. The van der Waals surface area contributed by atoms with Crippen molar-refractivity contribution in [1.82, 2.24) is 24.6 Å². The van der Waals surface area contributed by atoms with Gasteiger partial charge in [-0.15, -0.1) is 10.2 Å². The fourth-order valence-corrected chi connectivity index (χ4v) is 3.88. The largest absolute Gasteiger partial charge is 0.361 e. The van der Waals surface area contributed by atoms with Gasteiger partial charge in [-0.2, -0.15) is 0 Å². The van der Waals surface area contributed by atoms with Crippen LogP contribution in [-0.2, 0) is 11.2 Å². The number of likely N-dealkylation sites (tertiary alicyclic amines) is 1. The summed E-state index contributed by atoms with van der Waals surface area (Å²) in [5.41, 5.74) is 2.16. The lowest BCUT2D eigenvalue weighted by Gasteiger charge is -2.32. The second-order valence-corrected chi connectivity index (χ2v) is 7.38. The van der Waals surface area contributed by atoms with Gasteiger partial charge in [-0.1, -0.05) is 18.2 Å². The molecular weight excluding hydrogens is 326 g/mol. The van der Waals surface area contributed by atoms with Crippen LogP contribution >= 0.6 is 0 Å². The standard InChI is InChI=1S/C20H25N5O/c1-14(2)25-13-22-23-20(25)15-7-9-24(10-8-15)19(26)11-16-12-21-18-6-4-3-5-17(16)18/h3-6,12-15,21H,7-11H2,1-2H3. The first-order chi connectivity index (χ1) is 12.6. The smallest absolute Gasteiger partial charge is 0.227 e. The molecule has 0 saturated carbocycles. The molecular formula is C20H25N5O. The molecule has 1 aliphatic heterocycles. The van der Waals surface area contributed by atoms with Crippen molar-refractivity contribution in [2.45, 2.75) is 45.1 Å². The number of aromatic nitrogens is 4. The fraction of sp³-hybridized carbons (Fsp3) is 0.450. The summed E-state index contributed by atoms with van der Waals surface area (Å²) in [4.78, 5) is 18.0. The predicted octanol–water partition coefficient (Wildman–Crippen LogP) is 3.29. The molecule has 0 bridgehead atoms. The highest BCUT2D eigenvalue weighted by Crippen LogP contribution is 2.28. The summed E-state index contributed by atoms with van der Waals surface area (Å²) in [6.07, 6.45) is 6.13. The van der Waals surface area contributed by atoms with Crippen molar-refractivity contribution < 1.29 is 4.79 Å². The number of para-hydroxylation sites is 1. The molecule has 1 N–H and O–H groups in total. The Bertz CT molecular complexity index is 902. The van der Waals surface area contributed by atoms with Gasteiger partial charge in [0.1, 0.15) is 12.2 Å². The number of amides is 1. The van der Waals surface area contributed by atoms with Gasteiger partial charge in [-0.25, -0.2) is 0 Å². The van der Waals surface area contributed by atoms with Gasteiger partial charge in [-0.3, -0.25) is 4.79 Å². The van der Waals surface area contributed by atoms with E-state index in [0.29, 0.717) is 18.4 Å². The molecule has 1 fully saturated rings. The maximum atomic E-state index is 12.8. The van der Waals surface area contributed by atoms with Crippen LogP contribution in [0.3, 0.4) is 0 Å². The molecule has 0 radical (unpaired) electrons. The van der Waals surface area contributed by atoms with Gasteiger partial charge in [0.15, 0.2) is 0 Å². The number of H-pyrrole nitrogens is 1. The van der Waals surface area contributed by atoms with E-state index in [2.05, 4.69) is 39.7 Å². The first-order valence-corrected chi connectivity index (χ1v) is 9.35. The highest BCUT2D eigenvalue weighted by molar-refractivity contribution is 5.88. The maximum absolute atomic E-state index is 12.8. The molecule has 26 heavy (non-hydrogen) atoms. The number of carbonyl (C=O) groups is 1. The second-order valence-electron chi connectivity index (χ2n) is 7.38. The van der Waals surface area contributed by atoms with Crippen LogP contribution in [0.25, 0.3) is 10.9 Å². The van der Waals surface area contributed by atoms with Crippen LogP contribution in [0.2, 0.25) is 0 Å². The van der Waals surface area contributed by atoms with Gasteiger partial charge in [0, 0.05) is 42.1 Å². The molecule has 0 unspecified atom stereocenters. The van der Waals surface area contributed by atoms with Crippen molar-refractivity contribution in [3.05, 3.63) is 48.2 Å². The van der Waals surface area contributed by atoms with Crippen LogP contribution in [0.1, 0.15) is 50.0 Å². The molecule has 1 amide bonds. The molecule has 6 heteroatoms. The van der Waals surface area contributed by atoms with E-state index in [4.69, 9.17) is 0 Å². The van der Waals surface area contributed by atoms with Crippen molar-refractivity contribution in [2.75, 3.05) is 13.1 Å². The fourth-order valence-electron chi connectivity index (χ4n) is 3.88. The molecule has 2 aromatic heterocycles. The molecule has 0 atom stereocenters. The predicted molar refractivity (Wildman–Crippen MR) is 101 cm³/mol. The summed E-state index contributed by atoms with van der Waals surface area (Å²) in [5, 5.41) is 9.55. The minimum atomic E-state index is 0.207. The van der Waals surface area contributed by atoms with Crippen LogP contribution in [-0.4, -0.2) is 43.6 Å². The quantitative estimate of drug-likeness (QED) is 0.784. The maximum Gasteiger partial charge on any atom is 0.227 e. The zero-order chi connectivity index (χ0) is 18.1. The van der Waals surface area contributed by atoms with Gasteiger partial charge >= 0.3 is 0 Å². The van der Waals surface area contributed by atoms with E-state index in [1.807, 2.05) is 35.6 Å². The number of benzene rings is 1. The van der Waals surface area contributed by atoms with Gasteiger partial charge in [-0.05, 0) is 38.3 Å². The minimum Gasteiger partial charge on any atom is -0.361 e. The molecule has 1 aromatic carbocycles. The Kier molecular flexibility index (Phi) is 4.49. The highest BCUT2D eigenvalue weighted by atomic mass is 16.2. The van der Waals surface area contributed by atoms with Gasteiger partial charge < -0.3 is 14.5 Å². The number of fused-ring (bicyclic) bond motifs is 1. The third-order valence-electron chi connectivity index (χ3n) is 5.39. The lowest BCUT2D eigenvalue weighted by molar-refractivity contribution is -0.131. The Morgan fingerprint density at radius 2 is 2.04 bits per heavy atom. The molecule has 3 heterocycles.